The standard InChI is InChI=1S/C13H15N3O2S/c1-8-7-12(16-18-8)15-13(17)11-5-4-10(19-11)9-3-2-6-14-9/h4-5,7,9,14H,2-3,6H2,1H3,(H,15,16,17)/t9-/m0/s1. The smallest absolute Gasteiger partial charge is 0.266 e. The third kappa shape index (κ3) is 2.69. The maximum Gasteiger partial charge on any atom is 0.266 e. The van der Waals surface area contributed by atoms with E-state index in [2.05, 4.69) is 15.8 Å². The molecule has 2 N–H and O–H groups in total. The van der Waals surface area contributed by atoms with E-state index in [0.717, 1.165) is 13.0 Å². The molecule has 0 spiro atoms. The van der Waals surface area contributed by atoms with Crippen LogP contribution in [0.15, 0.2) is 22.7 Å². The van der Waals surface area contributed by atoms with Crippen molar-refractivity contribution in [3.8, 4) is 0 Å². The van der Waals surface area contributed by atoms with Crippen molar-refractivity contribution in [1.82, 2.24) is 10.5 Å². The van der Waals surface area contributed by atoms with Crippen molar-refractivity contribution in [3.05, 3.63) is 33.7 Å². The van der Waals surface area contributed by atoms with Crippen molar-refractivity contribution in [2.75, 3.05) is 11.9 Å². The van der Waals surface area contributed by atoms with Crippen LogP contribution in [0.25, 0.3) is 0 Å². The van der Waals surface area contributed by atoms with E-state index in [-0.39, 0.29) is 5.91 Å². The molecule has 1 atom stereocenters. The van der Waals surface area contributed by atoms with Crippen molar-refractivity contribution in [2.24, 2.45) is 0 Å². The number of hydrogen-bond acceptors (Lipinski definition) is 5. The van der Waals surface area contributed by atoms with Crippen LogP contribution >= 0.6 is 11.3 Å². The van der Waals surface area contributed by atoms with Crippen LogP contribution in [0.1, 0.15) is 39.2 Å². The summed E-state index contributed by atoms with van der Waals surface area (Å²) < 4.78 is 4.92. The highest BCUT2D eigenvalue weighted by molar-refractivity contribution is 7.14. The van der Waals surface area contributed by atoms with Gasteiger partial charge in [0.25, 0.3) is 5.91 Å². The lowest BCUT2D eigenvalue weighted by Gasteiger charge is -2.05. The van der Waals surface area contributed by atoms with Crippen LogP contribution in [-0.4, -0.2) is 17.6 Å². The summed E-state index contributed by atoms with van der Waals surface area (Å²) in [5, 5.41) is 9.91. The lowest BCUT2D eigenvalue weighted by molar-refractivity contribution is 0.102. The molecule has 0 bridgehead atoms. The van der Waals surface area contributed by atoms with Crippen LogP contribution in [-0.2, 0) is 0 Å². The summed E-state index contributed by atoms with van der Waals surface area (Å²) in [6.07, 6.45) is 2.34. The van der Waals surface area contributed by atoms with Crippen molar-refractivity contribution in [2.45, 2.75) is 25.8 Å². The van der Waals surface area contributed by atoms with E-state index in [1.165, 1.54) is 22.6 Å². The Morgan fingerprint density at radius 1 is 1.58 bits per heavy atom. The number of carbonyl (C=O) groups is 1. The molecule has 19 heavy (non-hydrogen) atoms. The topological polar surface area (TPSA) is 67.2 Å². The van der Waals surface area contributed by atoms with E-state index in [1.54, 1.807) is 13.0 Å². The third-order valence-electron chi connectivity index (χ3n) is 3.12. The summed E-state index contributed by atoms with van der Waals surface area (Å²) in [5.41, 5.74) is 0. The van der Waals surface area contributed by atoms with Gasteiger partial charge in [-0.25, -0.2) is 0 Å². The van der Waals surface area contributed by atoms with Crippen molar-refractivity contribution in [1.29, 1.82) is 0 Å². The molecule has 1 amide bonds. The van der Waals surface area contributed by atoms with E-state index in [9.17, 15) is 4.79 Å². The van der Waals surface area contributed by atoms with E-state index in [0.29, 0.717) is 22.5 Å². The van der Waals surface area contributed by atoms with Crippen LogP contribution in [0.4, 0.5) is 5.82 Å². The molecular weight excluding hydrogens is 262 g/mol. The molecule has 0 unspecified atom stereocenters. The van der Waals surface area contributed by atoms with Gasteiger partial charge in [-0.3, -0.25) is 4.79 Å². The zero-order valence-corrected chi connectivity index (χ0v) is 11.4. The Morgan fingerprint density at radius 3 is 3.16 bits per heavy atom. The summed E-state index contributed by atoms with van der Waals surface area (Å²) in [4.78, 5) is 14.0. The number of nitrogens with one attached hydrogen (secondary N) is 2. The molecule has 2 aromatic heterocycles. The highest BCUT2D eigenvalue weighted by Crippen LogP contribution is 2.29. The average molecular weight is 277 g/mol. The van der Waals surface area contributed by atoms with E-state index in [4.69, 9.17) is 4.52 Å². The first kappa shape index (κ1) is 12.4. The lowest BCUT2D eigenvalue weighted by Crippen LogP contribution is -2.11. The molecule has 2 aromatic rings. The summed E-state index contributed by atoms with van der Waals surface area (Å²) in [6, 6.07) is 5.99. The number of amides is 1. The Bertz CT molecular complexity index is 584. The van der Waals surface area contributed by atoms with E-state index >= 15 is 0 Å². The van der Waals surface area contributed by atoms with Gasteiger partial charge in [-0.15, -0.1) is 11.3 Å². The highest BCUT2D eigenvalue weighted by Gasteiger charge is 2.19. The first-order chi connectivity index (χ1) is 9.22. The number of aromatic nitrogens is 1. The second-order valence-corrected chi connectivity index (χ2v) is 5.74. The summed E-state index contributed by atoms with van der Waals surface area (Å²) >= 11 is 1.53. The van der Waals surface area contributed by atoms with Crippen LogP contribution in [0.5, 0.6) is 0 Å². The molecule has 1 aliphatic rings. The molecule has 0 saturated carbocycles. The minimum atomic E-state index is -0.137. The molecule has 3 rings (SSSR count). The molecule has 1 aliphatic heterocycles. The number of thiophene rings is 1. The minimum Gasteiger partial charge on any atom is -0.360 e. The number of nitrogens with zero attached hydrogens (tertiary/aromatic N) is 1. The lowest BCUT2D eigenvalue weighted by atomic mass is 10.2. The van der Waals surface area contributed by atoms with Gasteiger partial charge in [0.1, 0.15) is 5.76 Å². The molecule has 0 aromatic carbocycles. The molecule has 0 aliphatic carbocycles. The fourth-order valence-corrected chi connectivity index (χ4v) is 3.21. The quantitative estimate of drug-likeness (QED) is 0.905. The molecule has 5 nitrogen and oxygen atoms in total. The van der Waals surface area contributed by atoms with Crippen molar-refractivity contribution in [3.63, 3.8) is 0 Å². The van der Waals surface area contributed by atoms with Crippen LogP contribution < -0.4 is 10.6 Å². The summed E-state index contributed by atoms with van der Waals surface area (Å²) in [7, 11) is 0. The van der Waals surface area contributed by atoms with Gasteiger partial charge in [0.2, 0.25) is 0 Å². The SMILES string of the molecule is Cc1cc(NC(=O)c2ccc([C@@H]3CCCN3)s2)no1. The van der Waals surface area contributed by atoms with Gasteiger partial charge in [0, 0.05) is 17.0 Å². The second-order valence-electron chi connectivity index (χ2n) is 4.63. The number of aryl methyl sites for hydroxylation is 1. The van der Waals surface area contributed by atoms with Gasteiger partial charge in [0.15, 0.2) is 5.82 Å². The van der Waals surface area contributed by atoms with Crippen molar-refractivity contribution < 1.29 is 9.32 Å². The number of rotatable bonds is 3. The van der Waals surface area contributed by atoms with Crippen LogP contribution in [0, 0.1) is 6.92 Å². The fourth-order valence-electron chi connectivity index (χ4n) is 2.19. The Kier molecular flexibility index (Phi) is 3.35. The van der Waals surface area contributed by atoms with Gasteiger partial charge in [-0.05, 0) is 38.4 Å². The maximum absolute atomic E-state index is 12.0. The molecule has 6 heteroatoms. The molecule has 1 saturated heterocycles. The van der Waals surface area contributed by atoms with Crippen LogP contribution in [0.2, 0.25) is 0 Å². The zero-order valence-electron chi connectivity index (χ0n) is 10.6. The van der Waals surface area contributed by atoms with Gasteiger partial charge in [0.05, 0.1) is 4.88 Å². The largest absolute Gasteiger partial charge is 0.360 e. The Balaban J connectivity index is 1.69. The first-order valence-corrected chi connectivity index (χ1v) is 7.12. The second kappa shape index (κ2) is 5.14. The number of hydrogen-bond donors (Lipinski definition) is 2. The minimum absolute atomic E-state index is 0.137. The van der Waals surface area contributed by atoms with E-state index in [1.807, 2.05) is 12.1 Å². The Labute approximate surface area is 115 Å². The maximum atomic E-state index is 12.0. The summed E-state index contributed by atoms with van der Waals surface area (Å²) in [5.74, 6) is 0.997. The molecule has 100 valence electrons. The zero-order chi connectivity index (χ0) is 13.2. The van der Waals surface area contributed by atoms with E-state index < -0.39 is 0 Å². The van der Waals surface area contributed by atoms with Gasteiger partial charge < -0.3 is 15.2 Å². The Morgan fingerprint density at radius 2 is 2.47 bits per heavy atom. The molecule has 0 radical (unpaired) electrons. The normalized spacial score (nSPS) is 18.7. The Hall–Kier alpha value is -1.66. The molecule has 1 fully saturated rings. The van der Waals surface area contributed by atoms with Gasteiger partial charge in [-0.1, -0.05) is 5.16 Å². The number of carbonyl (C=O) groups excluding carboxylic acids is 1. The van der Waals surface area contributed by atoms with Gasteiger partial charge in [-0.2, -0.15) is 0 Å². The third-order valence-corrected chi connectivity index (χ3v) is 4.32. The predicted octanol–water partition coefficient (Wildman–Crippen LogP) is 2.72. The summed E-state index contributed by atoms with van der Waals surface area (Å²) in [6.45, 7) is 2.85. The molecular formula is C13H15N3O2S. The van der Waals surface area contributed by atoms with Gasteiger partial charge >= 0.3 is 0 Å². The predicted molar refractivity (Wildman–Crippen MR) is 73.5 cm³/mol. The average Bonchev–Trinajstić information content (AvgIpc) is 3.08. The first-order valence-electron chi connectivity index (χ1n) is 6.30. The van der Waals surface area contributed by atoms with Crippen LogP contribution in [0.3, 0.4) is 0 Å². The number of anilines is 1. The highest BCUT2D eigenvalue weighted by atomic mass is 32.1. The molecule has 3 heterocycles. The fraction of sp³-hybridized carbons (Fsp3) is 0.385. The monoisotopic (exact) mass is 277 g/mol. The van der Waals surface area contributed by atoms with Crippen molar-refractivity contribution >= 4 is 23.1 Å².